The van der Waals surface area contributed by atoms with Crippen molar-refractivity contribution in [2.75, 3.05) is 0 Å². The highest BCUT2D eigenvalue weighted by Crippen LogP contribution is 2.19. The maximum Gasteiger partial charge on any atom is 0.352 e. The van der Waals surface area contributed by atoms with Crippen molar-refractivity contribution in [3.63, 3.8) is 0 Å². The van der Waals surface area contributed by atoms with Crippen LogP contribution in [-0.2, 0) is 16.6 Å². The van der Waals surface area contributed by atoms with Gasteiger partial charge in [0.2, 0.25) is 10.0 Å². The predicted octanol–water partition coefficient (Wildman–Crippen LogP) is 0.969. The van der Waals surface area contributed by atoms with Gasteiger partial charge in [0.1, 0.15) is 10.6 Å². The van der Waals surface area contributed by atoms with Gasteiger partial charge < -0.3 is 14.7 Å². The van der Waals surface area contributed by atoms with Gasteiger partial charge in [0.25, 0.3) is 0 Å². The summed E-state index contributed by atoms with van der Waals surface area (Å²) < 4.78 is 28.2. The van der Waals surface area contributed by atoms with E-state index in [0.29, 0.717) is 5.69 Å². The molecule has 21 heavy (non-hydrogen) atoms. The van der Waals surface area contributed by atoms with Crippen LogP contribution in [0.2, 0.25) is 0 Å². The van der Waals surface area contributed by atoms with Crippen molar-refractivity contribution in [1.82, 2.24) is 19.3 Å². The second-order valence-electron chi connectivity index (χ2n) is 4.77. The Bertz CT molecular complexity index is 731. The van der Waals surface area contributed by atoms with Crippen molar-refractivity contribution in [2.45, 2.75) is 31.3 Å². The van der Waals surface area contributed by atoms with Crippen LogP contribution in [0, 0.1) is 0 Å². The van der Waals surface area contributed by atoms with Crippen LogP contribution in [0.1, 0.15) is 36.1 Å². The highest BCUT2D eigenvalue weighted by Gasteiger charge is 2.22. The summed E-state index contributed by atoms with van der Waals surface area (Å²) in [6.07, 6.45) is 4.27. The van der Waals surface area contributed by atoms with Crippen molar-refractivity contribution in [2.24, 2.45) is 0 Å². The normalized spacial score (nSPS) is 12.0. The van der Waals surface area contributed by atoms with Gasteiger partial charge in [0.15, 0.2) is 0 Å². The molecule has 114 valence electrons. The number of carbonyl (C=O) groups is 1. The Morgan fingerprint density at radius 2 is 2.24 bits per heavy atom. The number of rotatable bonds is 6. The van der Waals surface area contributed by atoms with Crippen molar-refractivity contribution in [3.8, 4) is 0 Å². The van der Waals surface area contributed by atoms with Crippen LogP contribution in [-0.4, -0.2) is 34.0 Å². The zero-order chi connectivity index (χ0) is 15.6. The van der Waals surface area contributed by atoms with Crippen LogP contribution >= 0.6 is 0 Å². The molecule has 0 atom stereocenters. The standard InChI is InChI=1S/C12H16N4O4S/c1-8(2)16-6-10(3-11(16)12(17)18)21(19,20)15-5-9-4-13-7-14-9/h3-4,6-8,15H,5H2,1-2H3,(H,13,14)(H,17,18). The fourth-order valence-corrected chi connectivity index (χ4v) is 2.87. The summed E-state index contributed by atoms with van der Waals surface area (Å²) in [4.78, 5) is 17.7. The van der Waals surface area contributed by atoms with Crippen LogP contribution in [0.3, 0.4) is 0 Å². The minimum atomic E-state index is -3.79. The van der Waals surface area contributed by atoms with E-state index in [0.717, 1.165) is 6.07 Å². The summed E-state index contributed by atoms with van der Waals surface area (Å²) in [5, 5.41) is 9.12. The Morgan fingerprint density at radius 1 is 1.52 bits per heavy atom. The van der Waals surface area contributed by atoms with E-state index < -0.39 is 16.0 Å². The van der Waals surface area contributed by atoms with E-state index in [2.05, 4.69) is 14.7 Å². The number of hydrogen-bond donors (Lipinski definition) is 3. The van der Waals surface area contributed by atoms with E-state index in [9.17, 15) is 13.2 Å². The molecular weight excluding hydrogens is 296 g/mol. The topological polar surface area (TPSA) is 117 Å². The molecule has 0 aromatic carbocycles. The summed E-state index contributed by atoms with van der Waals surface area (Å²) in [6, 6.07) is 0.991. The highest BCUT2D eigenvalue weighted by molar-refractivity contribution is 7.89. The molecule has 0 spiro atoms. The predicted molar refractivity (Wildman–Crippen MR) is 74.4 cm³/mol. The number of hydrogen-bond acceptors (Lipinski definition) is 4. The van der Waals surface area contributed by atoms with Gasteiger partial charge in [-0.05, 0) is 19.9 Å². The third-order valence-corrected chi connectivity index (χ3v) is 4.28. The molecule has 3 N–H and O–H groups in total. The Labute approximate surface area is 121 Å². The van der Waals surface area contributed by atoms with Crippen molar-refractivity contribution in [1.29, 1.82) is 0 Å². The summed E-state index contributed by atoms with van der Waals surface area (Å²) in [5.74, 6) is -1.17. The summed E-state index contributed by atoms with van der Waals surface area (Å²) >= 11 is 0. The lowest BCUT2D eigenvalue weighted by molar-refractivity contribution is 0.0683. The molecule has 0 aliphatic heterocycles. The third-order valence-electron chi connectivity index (χ3n) is 2.92. The molecule has 8 nitrogen and oxygen atoms in total. The molecule has 0 radical (unpaired) electrons. The molecule has 0 aliphatic rings. The minimum Gasteiger partial charge on any atom is -0.477 e. The van der Waals surface area contributed by atoms with E-state index in [-0.39, 0.29) is 23.2 Å². The highest BCUT2D eigenvalue weighted by atomic mass is 32.2. The van der Waals surface area contributed by atoms with Gasteiger partial charge in [-0.2, -0.15) is 0 Å². The zero-order valence-corrected chi connectivity index (χ0v) is 12.4. The average molecular weight is 312 g/mol. The molecule has 2 heterocycles. The summed E-state index contributed by atoms with van der Waals surface area (Å²) in [7, 11) is -3.79. The van der Waals surface area contributed by atoms with Gasteiger partial charge in [-0.15, -0.1) is 0 Å². The molecule has 2 rings (SSSR count). The first-order valence-corrected chi connectivity index (χ1v) is 7.71. The molecule has 9 heteroatoms. The van der Waals surface area contributed by atoms with Crippen LogP contribution in [0.15, 0.2) is 29.7 Å². The third kappa shape index (κ3) is 3.31. The number of sulfonamides is 1. The molecule has 0 bridgehead atoms. The SMILES string of the molecule is CC(C)n1cc(S(=O)(=O)NCc2cnc[nH]2)cc1C(=O)O. The lowest BCUT2D eigenvalue weighted by Crippen LogP contribution is -2.23. The van der Waals surface area contributed by atoms with Crippen molar-refractivity contribution < 1.29 is 18.3 Å². The van der Waals surface area contributed by atoms with Crippen LogP contribution < -0.4 is 4.72 Å². The zero-order valence-electron chi connectivity index (χ0n) is 11.6. The lowest BCUT2D eigenvalue weighted by atomic mass is 10.3. The molecule has 0 amide bonds. The first-order valence-electron chi connectivity index (χ1n) is 6.23. The number of nitrogens with zero attached hydrogens (tertiary/aromatic N) is 2. The Hall–Kier alpha value is -2.13. The van der Waals surface area contributed by atoms with Crippen molar-refractivity contribution in [3.05, 3.63) is 36.2 Å². The fourth-order valence-electron chi connectivity index (χ4n) is 1.84. The fraction of sp³-hybridized carbons (Fsp3) is 0.333. The number of aromatic amines is 1. The molecule has 0 unspecified atom stereocenters. The maximum atomic E-state index is 12.2. The summed E-state index contributed by atoms with van der Waals surface area (Å²) in [6.45, 7) is 3.61. The summed E-state index contributed by atoms with van der Waals surface area (Å²) in [5.41, 5.74) is 0.548. The van der Waals surface area contributed by atoms with Crippen LogP contribution in [0.5, 0.6) is 0 Å². The van der Waals surface area contributed by atoms with E-state index in [1.54, 1.807) is 13.8 Å². The second-order valence-corrected chi connectivity index (χ2v) is 6.54. The van der Waals surface area contributed by atoms with Gasteiger partial charge in [-0.3, -0.25) is 0 Å². The van der Waals surface area contributed by atoms with Gasteiger partial charge in [-0.1, -0.05) is 0 Å². The Kier molecular flexibility index (Phi) is 4.14. The van der Waals surface area contributed by atoms with Gasteiger partial charge in [-0.25, -0.2) is 22.9 Å². The van der Waals surface area contributed by atoms with E-state index >= 15 is 0 Å². The number of aromatic carboxylic acids is 1. The number of carboxylic acid groups (broad SMARTS) is 1. The lowest BCUT2D eigenvalue weighted by Gasteiger charge is -2.09. The smallest absolute Gasteiger partial charge is 0.352 e. The largest absolute Gasteiger partial charge is 0.477 e. The molecule has 2 aromatic rings. The number of H-pyrrole nitrogens is 1. The van der Waals surface area contributed by atoms with Gasteiger partial charge in [0.05, 0.1) is 12.9 Å². The minimum absolute atomic E-state index is 0.0532. The average Bonchev–Trinajstić information content (AvgIpc) is 3.06. The molecule has 0 aliphatic carbocycles. The molecule has 0 saturated carbocycles. The molecule has 0 saturated heterocycles. The number of carboxylic acids is 1. The monoisotopic (exact) mass is 312 g/mol. The Balaban J connectivity index is 2.27. The first kappa shape index (κ1) is 15.3. The first-order chi connectivity index (χ1) is 9.81. The molecular formula is C12H16N4O4S. The number of nitrogens with one attached hydrogen (secondary N) is 2. The van der Waals surface area contributed by atoms with Crippen LogP contribution in [0.25, 0.3) is 0 Å². The quantitative estimate of drug-likeness (QED) is 0.734. The van der Waals surface area contributed by atoms with Crippen molar-refractivity contribution >= 4 is 16.0 Å². The molecule has 2 aromatic heterocycles. The van der Waals surface area contributed by atoms with Gasteiger partial charge in [0, 0.05) is 24.1 Å². The number of aromatic nitrogens is 3. The van der Waals surface area contributed by atoms with Gasteiger partial charge >= 0.3 is 5.97 Å². The molecule has 0 fully saturated rings. The van der Waals surface area contributed by atoms with E-state index in [1.165, 1.54) is 23.3 Å². The van der Waals surface area contributed by atoms with E-state index in [1.807, 2.05) is 0 Å². The van der Waals surface area contributed by atoms with E-state index in [4.69, 9.17) is 5.11 Å². The maximum absolute atomic E-state index is 12.2. The number of imidazole rings is 1. The van der Waals surface area contributed by atoms with Crippen LogP contribution in [0.4, 0.5) is 0 Å². The second kappa shape index (κ2) is 5.70. The Morgan fingerprint density at radius 3 is 2.71 bits per heavy atom.